The van der Waals surface area contributed by atoms with Crippen molar-refractivity contribution in [3.8, 4) is 21.8 Å². The molecule has 0 bridgehead atoms. The third-order valence-electron chi connectivity index (χ3n) is 5.95. The maximum Gasteiger partial charge on any atom is 0.135 e. The number of fused-ring (bicyclic) bond motifs is 1. The molecule has 0 radical (unpaired) electrons. The lowest BCUT2D eigenvalue weighted by Crippen LogP contribution is -2.44. The lowest BCUT2D eigenvalue weighted by atomic mass is 10.1. The van der Waals surface area contributed by atoms with Crippen molar-refractivity contribution in [1.82, 2.24) is 29.3 Å². The number of likely N-dealkylation sites (N-methyl/N-ethyl adjacent to an activating group) is 1. The van der Waals surface area contributed by atoms with Gasteiger partial charge in [0.25, 0.3) is 0 Å². The second-order valence-corrected chi connectivity index (χ2v) is 9.12. The van der Waals surface area contributed by atoms with Gasteiger partial charge in [-0.25, -0.2) is 15.0 Å². The van der Waals surface area contributed by atoms with E-state index in [2.05, 4.69) is 61.7 Å². The molecule has 0 aliphatic carbocycles. The average Bonchev–Trinajstić information content (AvgIpc) is 3.41. The molecular weight excluding hydrogens is 406 g/mol. The quantitative estimate of drug-likeness (QED) is 0.502. The molecule has 0 atom stereocenters. The topological polar surface area (TPSA) is 76.1 Å². The number of imidazole rings is 1. The van der Waals surface area contributed by atoms with Crippen LogP contribution < -0.4 is 5.73 Å². The van der Waals surface area contributed by atoms with Crippen LogP contribution in [0.15, 0.2) is 49.1 Å². The molecule has 1 aliphatic heterocycles. The monoisotopic (exact) mass is 433 g/mol. The van der Waals surface area contributed by atoms with E-state index in [9.17, 15) is 0 Å². The van der Waals surface area contributed by atoms with Crippen molar-refractivity contribution in [3.05, 3.63) is 49.1 Å². The second-order valence-electron chi connectivity index (χ2n) is 8.09. The van der Waals surface area contributed by atoms with Crippen LogP contribution in [-0.4, -0.2) is 69.1 Å². The normalized spacial score (nSPS) is 15.6. The molecule has 5 rings (SSSR count). The molecule has 1 saturated heterocycles. The molecule has 0 unspecified atom stereocenters. The van der Waals surface area contributed by atoms with Crippen LogP contribution in [0.5, 0.6) is 0 Å². The first-order valence-corrected chi connectivity index (χ1v) is 11.5. The van der Waals surface area contributed by atoms with Gasteiger partial charge in [0.05, 0.1) is 28.0 Å². The van der Waals surface area contributed by atoms with Crippen LogP contribution >= 0.6 is 11.3 Å². The molecule has 1 fully saturated rings. The smallest absolute Gasteiger partial charge is 0.135 e. The Balaban J connectivity index is 1.45. The highest BCUT2D eigenvalue weighted by atomic mass is 32.1. The highest BCUT2D eigenvalue weighted by Crippen LogP contribution is 2.39. The van der Waals surface area contributed by atoms with Crippen molar-refractivity contribution >= 4 is 27.4 Å². The van der Waals surface area contributed by atoms with Crippen molar-refractivity contribution < 1.29 is 0 Å². The lowest BCUT2D eigenvalue weighted by molar-refractivity contribution is 0.151. The molecule has 4 heterocycles. The van der Waals surface area contributed by atoms with Crippen LogP contribution in [0.3, 0.4) is 0 Å². The van der Waals surface area contributed by atoms with Crippen LogP contribution in [0.4, 0.5) is 5.82 Å². The van der Waals surface area contributed by atoms with Crippen LogP contribution in [0.25, 0.3) is 32.0 Å². The Morgan fingerprint density at radius 2 is 1.81 bits per heavy atom. The summed E-state index contributed by atoms with van der Waals surface area (Å²) in [5, 5.41) is 0.909. The number of hydrogen-bond donors (Lipinski definition) is 1. The number of rotatable bonds is 6. The predicted molar refractivity (Wildman–Crippen MR) is 127 cm³/mol. The highest BCUT2D eigenvalue weighted by molar-refractivity contribution is 7.21. The average molecular weight is 434 g/mol. The van der Waals surface area contributed by atoms with Gasteiger partial charge in [0.1, 0.15) is 17.0 Å². The summed E-state index contributed by atoms with van der Waals surface area (Å²) in [5.74, 6) is 0.523. The van der Waals surface area contributed by atoms with Crippen LogP contribution in [-0.2, 0) is 6.54 Å². The molecule has 1 aromatic carbocycles. The maximum absolute atomic E-state index is 6.11. The Labute approximate surface area is 186 Å². The fraction of sp³-hybridized carbons (Fsp3) is 0.348. The minimum atomic E-state index is 0.523. The van der Waals surface area contributed by atoms with E-state index in [1.165, 1.54) is 6.33 Å². The van der Waals surface area contributed by atoms with E-state index in [0.717, 1.165) is 77.7 Å². The third kappa shape index (κ3) is 4.19. The second kappa shape index (κ2) is 8.74. The molecule has 3 aromatic heterocycles. The summed E-state index contributed by atoms with van der Waals surface area (Å²) in [6.07, 6.45) is 4.60. The molecule has 7 nitrogen and oxygen atoms in total. The lowest BCUT2D eigenvalue weighted by Gasteiger charge is -2.32. The van der Waals surface area contributed by atoms with E-state index in [0.29, 0.717) is 5.82 Å². The number of nitrogens with zero attached hydrogens (tertiary/aromatic N) is 6. The van der Waals surface area contributed by atoms with Crippen molar-refractivity contribution in [1.29, 1.82) is 0 Å². The molecule has 160 valence electrons. The first-order chi connectivity index (χ1) is 15.2. The minimum Gasteiger partial charge on any atom is -0.383 e. The first-order valence-electron chi connectivity index (χ1n) is 10.7. The number of nitrogen functional groups attached to an aromatic ring is 1. The van der Waals surface area contributed by atoms with Gasteiger partial charge < -0.3 is 20.1 Å². The van der Waals surface area contributed by atoms with Gasteiger partial charge in [0, 0.05) is 38.3 Å². The van der Waals surface area contributed by atoms with Crippen molar-refractivity contribution in [2.75, 3.05) is 45.5 Å². The summed E-state index contributed by atoms with van der Waals surface area (Å²) in [6, 6.07) is 12.5. The molecule has 31 heavy (non-hydrogen) atoms. The number of aromatic nitrogens is 4. The van der Waals surface area contributed by atoms with Crippen molar-refractivity contribution in [2.45, 2.75) is 13.0 Å². The Hall–Kier alpha value is -2.81. The van der Waals surface area contributed by atoms with Gasteiger partial charge in [-0.1, -0.05) is 30.3 Å². The van der Waals surface area contributed by atoms with E-state index in [4.69, 9.17) is 10.7 Å². The number of thiophene rings is 1. The Kier molecular flexibility index (Phi) is 5.67. The summed E-state index contributed by atoms with van der Waals surface area (Å²) >= 11 is 1.65. The van der Waals surface area contributed by atoms with Gasteiger partial charge in [-0.2, -0.15) is 0 Å². The number of nitrogens with two attached hydrogens (primary N) is 1. The molecule has 0 amide bonds. The van der Waals surface area contributed by atoms with E-state index >= 15 is 0 Å². The standard InChI is InChI=1S/C23H27N7S/c1-28-10-12-29(13-11-28)8-5-9-30-16-27-20(17-6-3-2-4-7-17)21(30)19-14-18-22(24)25-15-26-23(18)31-19/h2-4,6-7,14-16H,5,8-13H2,1H3,(H2,24,25,26). The predicted octanol–water partition coefficient (Wildman–Crippen LogP) is 3.44. The maximum atomic E-state index is 6.11. The summed E-state index contributed by atoms with van der Waals surface area (Å²) in [7, 11) is 2.20. The Morgan fingerprint density at radius 1 is 1.00 bits per heavy atom. The SMILES string of the molecule is CN1CCN(CCCn2cnc(-c3ccccc3)c2-c2cc3c(N)ncnc3s2)CC1. The number of benzene rings is 1. The summed E-state index contributed by atoms with van der Waals surface area (Å²) in [4.78, 5) is 20.4. The zero-order chi connectivity index (χ0) is 21.2. The fourth-order valence-corrected chi connectivity index (χ4v) is 5.21. The summed E-state index contributed by atoms with van der Waals surface area (Å²) in [5.41, 5.74) is 9.35. The van der Waals surface area contributed by atoms with Crippen molar-refractivity contribution in [3.63, 3.8) is 0 Å². The molecule has 1 aliphatic rings. The Bertz CT molecular complexity index is 1160. The number of anilines is 1. The number of hydrogen-bond acceptors (Lipinski definition) is 7. The largest absolute Gasteiger partial charge is 0.383 e. The molecule has 4 aromatic rings. The van der Waals surface area contributed by atoms with E-state index in [1.807, 2.05) is 12.4 Å². The molecular formula is C23H27N7S. The minimum absolute atomic E-state index is 0.523. The van der Waals surface area contributed by atoms with Gasteiger partial charge in [0.15, 0.2) is 0 Å². The van der Waals surface area contributed by atoms with Gasteiger partial charge in [-0.3, -0.25) is 0 Å². The Morgan fingerprint density at radius 3 is 2.58 bits per heavy atom. The summed E-state index contributed by atoms with van der Waals surface area (Å²) < 4.78 is 2.28. The zero-order valence-corrected chi connectivity index (χ0v) is 18.6. The number of piperazine rings is 1. The van der Waals surface area contributed by atoms with Gasteiger partial charge in [-0.05, 0) is 26.1 Å². The van der Waals surface area contributed by atoms with E-state index < -0.39 is 0 Å². The van der Waals surface area contributed by atoms with Gasteiger partial charge >= 0.3 is 0 Å². The molecule has 0 saturated carbocycles. The highest BCUT2D eigenvalue weighted by Gasteiger charge is 2.19. The fourth-order valence-electron chi connectivity index (χ4n) is 4.14. The van der Waals surface area contributed by atoms with Crippen LogP contribution in [0.2, 0.25) is 0 Å². The number of aryl methyl sites for hydroxylation is 1. The van der Waals surface area contributed by atoms with Crippen LogP contribution in [0, 0.1) is 0 Å². The molecule has 2 N–H and O–H groups in total. The molecule has 8 heteroatoms. The summed E-state index contributed by atoms with van der Waals surface area (Å²) in [6.45, 7) is 6.64. The van der Waals surface area contributed by atoms with Gasteiger partial charge in [-0.15, -0.1) is 11.3 Å². The zero-order valence-electron chi connectivity index (χ0n) is 17.7. The van der Waals surface area contributed by atoms with E-state index in [-0.39, 0.29) is 0 Å². The first kappa shape index (κ1) is 20.1. The molecule has 0 spiro atoms. The van der Waals surface area contributed by atoms with Crippen LogP contribution in [0.1, 0.15) is 6.42 Å². The third-order valence-corrected chi connectivity index (χ3v) is 7.00. The van der Waals surface area contributed by atoms with Crippen molar-refractivity contribution in [2.24, 2.45) is 0 Å². The van der Waals surface area contributed by atoms with E-state index in [1.54, 1.807) is 11.3 Å². The van der Waals surface area contributed by atoms with Gasteiger partial charge in [0.2, 0.25) is 0 Å².